The molecule has 0 radical (unpaired) electrons. The summed E-state index contributed by atoms with van der Waals surface area (Å²) in [5.74, 6) is -8.51. The summed E-state index contributed by atoms with van der Waals surface area (Å²) in [6.07, 6.45) is -1.39. The summed E-state index contributed by atoms with van der Waals surface area (Å²) in [5.41, 5.74) is 5.71. The lowest BCUT2D eigenvalue weighted by atomic mass is 9.98. The Hall–Kier alpha value is -7.13. The number of hydrazine groups is 1. The number of amides is 12. The van der Waals surface area contributed by atoms with E-state index >= 15 is 0 Å². The maximum Gasteiger partial charge on any atom is 0.430 e. The van der Waals surface area contributed by atoms with Crippen molar-refractivity contribution < 1.29 is 101 Å². The van der Waals surface area contributed by atoms with E-state index < -0.39 is 77.7 Å². The van der Waals surface area contributed by atoms with Gasteiger partial charge in [0.15, 0.2) is 17.6 Å². The molecular formula is C62H97Cl3F3N13O17. The number of ketones is 2. The SMILES string of the molecule is CC(=O)N[C@H]1CCN([C@@H](CC(C)C)C(=O)NN(C[C@@H]2CCNC2=O)C(=O)CCl)C1=O.CC(C)C[C@@H](C(=O)CN(C[C@@H]1CCNC1=O)C(=O)CCl)N1CC[C@H](NC(=O)OC(C)(C)C)C1=O.CC(C)C[C@@H](C(=O)CN(C[C@@H]1CCNC1=O)C(=O)CCl)N1CC[C@H]([NH3+])C1=O.O=C([O-])C(F)(F)F. The second-order valence-corrected chi connectivity index (χ2v) is 27.8. The number of rotatable bonds is 27. The van der Waals surface area contributed by atoms with Gasteiger partial charge < -0.3 is 71.5 Å². The van der Waals surface area contributed by atoms with Crippen molar-refractivity contribution in [2.75, 3.05) is 89.6 Å². The van der Waals surface area contributed by atoms with Gasteiger partial charge in [-0.25, -0.2) is 4.79 Å². The Morgan fingerprint density at radius 3 is 1.26 bits per heavy atom. The van der Waals surface area contributed by atoms with Gasteiger partial charge in [0.1, 0.15) is 47.3 Å². The molecule has 6 saturated heterocycles. The largest absolute Gasteiger partial charge is 0.542 e. The van der Waals surface area contributed by atoms with Gasteiger partial charge in [-0.1, -0.05) is 41.5 Å². The monoisotopic (exact) mass is 1460 g/mol. The van der Waals surface area contributed by atoms with E-state index in [9.17, 15) is 80.3 Å². The Bertz CT molecular complexity index is 2870. The fourth-order valence-corrected chi connectivity index (χ4v) is 12.1. The summed E-state index contributed by atoms with van der Waals surface area (Å²) in [6, 6.07) is -3.89. The molecule has 554 valence electrons. The minimum absolute atomic E-state index is 0.0139. The van der Waals surface area contributed by atoms with Gasteiger partial charge in [-0.15, -0.1) is 34.8 Å². The molecule has 30 nitrogen and oxygen atoms in total. The number of carbonyl (C=O) groups excluding carboxylic acids is 15. The highest BCUT2D eigenvalue weighted by molar-refractivity contribution is 6.28. The van der Waals surface area contributed by atoms with Crippen LogP contribution in [0, 0.1) is 35.5 Å². The van der Waals surface area contributed by atoms with E-state index in [2.05, 4.69) is 37.7 Å². The number of halogens is 6. The molecule has 0 aromatic carbocycles. The molecule has 9 atom stereocenters. The van der Waals surface area contributed by atoms with Gasteiger partial charge >= 0.3 is 12.3 Å². The minimum atomic E-state index is -5.19. The third-order valence-corrected chi connectivity index (χ3v) is 17.1. The normalized spacial score (nSPS) is 21.5. The van der Waals surface area contributed by atoms with Crippen molar-refractivity contribution >= 4 is 123 Å². The Labute approximate surface area is 583 Å². The maximum atomic E-state index is 13.4. The number of Topliss-reactive ketones (excluding diaryl/α,β-unsaturated/α-hetero) is 2. The number of likely N-dealkylation sites (tertiary alicyclic amines) is 3. The average molecular weight is 1460 g/mol. The van der Waals surface area contributed by atoms with Crippen LogP contribution in [0.25, 0.3) is 0 Å². The predicted molar refractivity (Wildman–Crippen MR) is 346 cm³/mol. The molecule has 98 heavy (non-hydrogen) atoms. The van der Waals surface area contributed by atoms with Crippen molar-refractivity contribution in [3.05, 3.63) is 0 Å². The van der Waals surface area contributed by atoms with E-state index in [1.54, 1.807) is 25.7 Å². The highest BCUT2D eigenvalue weighted by Gasteiger charge is 2.45. The number of hydrogen-bond donors (Lipinski definition) is 7. The van der Waals surface area contributed by atoms with E-state index in [1.807, 2.05) is 41.5 Å². The number of carboxylic acids is 1. The molecule has 12 amide bonds. The van der Waals surface area contributed by atoms with Crippen LogP contribution in [0.2, 0.25) is 0 Å². The maximum absolute atomic E-state index is 13.4. The summed E-state index contributed by atoms with van der Waals surface area (Å²) in [7, 11) is 0. The first-order valence-corrected chi connectivity index (χ1v) is 34.3. The van der Waals surface area contributed by atoms with E-state index in [0.29, 0.717) is 97.1 Å². The number of hydrogen-bond acceptors (Lipinski definition) is 17. The summed E-state index contributed by atoms with van der Waals surface area (Å²) >= 11 is 17.2. The van der Waals surface area contributed by atoms with Crippen molar-refractivity contribution in [2.24, 2.45) is 35.5 Å². The number of carbonyl (C=O) groups is 15. The Morgan fingerprint density at radius 1 is 0.571 bits per heavy atom. The van der Waals surface area contributed by atoms with Gasteiger partial charge in [0.2, 0.25) is 47.3 Å². The predicted octanol–water partition coefficient (Wildman–Crippen LogP) is -1.01. The summed E-state index contributed by atoms with van der Waals surface area (Å²) < 4.78 is 36.8. The molecule has 6 aliphatic heterocycles. The third-order valence-electron chi connectivity index (χ3n) is 16.4. The number of alkyl halides is 6. The van der Waals surface area contributed by atoms with Crippen molar-refractivity contribution in [3.63, 3.8) is 0 Å². The van der Waals surface area contributed by atoms with Crippen molar-refractivity contribution in [3.8, 4) is 0 Å². The smallest absolute Gasteiger partial charge is 0.430 e. The number of nitrogens with one attached hydrogen (secondary N) is 6. The molecule has 0 saturated carbocycles. The fraction of sp³-hybridized carbons (Fsp3) is 0.758. The number of quaternary nitrogens is 1. The molecule has 9 N–H and O–H groups in total. The van der Waals surface area contributed by atoms with Crippen LogP contribution in [-0.4, -0.2) is 256 Å². The van der Waals surface area contributed by atoms with Gasteiger partial charge in [0.25, 0.3) is 17.7 Å². The number of nitrogens with zero attached hydrogens (tertiary/aromatic N) is 6. The van der Waals surface area contributed by atoms with Crippen molar-refractivity contribution in [1.29, 1.82) is 0 Å². The standard InChI is InChI=1S/C23H37ClN4O6.C19H30ClN5O5.C18H29ClN4O4.C2HF3O2/c1-14(2)10-17(28-9-7-16(21(28)32)26-22(33)34-23(3,4)5)18(29)13-27(19(30)11-24)12-15-6-8-25-20(15)31;1-11(2)8-15(24-7-5-14(19(24)30)22-12(3)26)18(29)23-25(16(27)9-20)10-13-4-6-21-17(13)28;1-11(2)7-14(23-6-4-13(20)18(23)27)15(24)10-22(16(25)8-19)9-12-3-5-21-17(12)26;3-2(4,5)1(6)7/h14-17H,6-13H2,1-5H3,(H,25,31)(H,26,33);11,13-15H,4-10H2,1-3H3,(H,21,28)(H,22,26)(H,23,29);11-14H,3-10,20H2,1-2H3,(H,21,26);(H,6,7)/t15-,16-,17-;13-,14-,15-;12-,13-,14-;/m000./s1. The number of ether oxygens (including phenoxy) is 1. The van der Waals surface area contributed by atoms with Gasteiger partial charge in [-0.2, -0.15) is 13.2 Å². The van der Waals surface area contributed by atoms with Gasteiger partial charge in [0, 0.05) is 65.7 Å². The minimum Gasteiger partial charge on any atom is -0.542 e. The zero-order valence-electron chi connectivity index (χ0n) is 57.3. The highest BCUT2D eigenvalue weighted by atomic mass is 35.5. The first-order valence-electron chi connectivity index (χ1n) is 32.7. The third kappa shape index (κ3) is 27.2. The second-order valence-electron chi connectivity index (χ2n) is 27.0. The molecule has 6 rings (SSSR count). The van der Waals surface area contributed by atoms with Crippen LogP contribution in [0.4, 0.5) is 18.0 Å². The van der Waals surface area contributed by atoms with E-state index in [1.165, 1.54) is 26.5 Å². The van der Waals surface area contributed by atoms with Crippen molar-refractivity contribution in [1.82, 2.24) is 61.5 Å². The number of aliphatic carboxylic acids is 1. The zero-order chi connectivity index (χ0) is 74.3. The molecule has 0 aliphatic carbocycles. The highest BCUT2D eigenvalue weighted by Crippen LogP contribution is 2.26. The average Bonchev–Trinajstić information content (AvgIpc) is 1.65. The van der Waals surface area contributed by atoms with E-state index in [-0.39, 0.29) is 145 Å². The van der Waals surface area contributed by atoms with Crippen LogP contribution in [0.15, 0.2) is 0 Å². The molecule has 0 unspecified atom stereocenters. The first kappa shape index (κ1) is 85.1. The lowest BCUT2D eigenvalue weighted by molar-refractivity contribution is -0.401. The molecule has 0 spiro atoms. The summed E-state index contributed by atoms with van der Waals surface area (Å²) in [6.45, 7) is 20.9. The molecule has 6 fully saturated rings. The Kier molecular flexibility index (Phi) is 34.4. The molecule has 36 heteroatoms. The number of alkyl carbamates (subject to hydrolysis) is 1. The van der Waals surface area contributed by atoms with E-state index in [4.69, 9.17) is 49.4 Å². The Balaban J connectivity index is 0.000000366. The van der Waals surface area contributed by atoms with Crippen LogP contribution >= 0.6 is 34.8 Å². The fourth-order valence-electron chi connectivity index (χ4n) is 11.6. The zero-order valence-corrected chi connectivity index (χ0v) is 59.6. The molecule has 6 aliphatic rings. The molecule has 0 aromatic heterocycles. The Morgan fingerprint density at radius 2 is 0.929 bits per heavy atom. The lowest BCUT2D eigenvalue weighted by Gasteiger charge is -2.32. The summed E-state index contributed by atoms with van der Waals surface area (Å²) in [4.78, 5) is 190. The van der Waals surface area contributed by atoms with Gasteiger partial charge in [-0.3, -0.25) is 72.8 Å². The molecule has 0 bridgehead atoms. The van der Waals surface area contributed by atoms with Crippen LogP contribution < -0.4 is 42.8 Å². The lowest BCUT2D eigenvalue weighted by Crippen LogP contribution is -2.65. The topological polar surface area (TPSA) is 408 Å². The van der Waals surface area contributed by atoms with Crippen molar-refractivity contribution in [2.45, 2.75) is 175 Å². The van der Waals surface area contributed by atoms with Crippen LogP contribution in [0.5, 0.6) is 0 Å². The molecule has 0 aromatic rings. The second kappa shape index (κ2) is 39.6. The quantitative estimate of drug-likeness (QED) is 0.0383. The van der Waals surface area contributed by atoms with Crippen LogP contribution in [0.1, 0.15) is 127 Å². The van der Waals surface area contributed by atoms with Gasteiger partial charge in [0.05, 0.1) is 49.5 Å². The molecule has 6 heterocycles. The van der Waals surface area contributed by atoms with Crippen LogP contribution in [-0.2, 0) is 71.9 Å². The molecular weight excluding hydrogens is 1360 g/mol. The number of carboxylic acid groups (broad SMARTS) is 1. The van der Waals surface area contributed by atoms with Gasteiger partial charge in [-0.05, 0) is 89.9 Å². The van der Waals surface area contributed by atoms with Crippen LogP contribution in [0.3, 0.4) is 0 Å². The first-order chi connectivity index (χ1) is 45.6. The summed E-state index contributed by atoms with van der Waals surface area (Å²) in [5, 5.41) is 23.2. The van der Waals surface area contributed by atoms with E-state index in [0.717, 1.165) is 5.01 Å².